The normalized spacial score (nSPS) is 26.6. The van der Waals surface area contributed by atoms with E-state index in [-0.39, 0.29) is 0 Å². The Morgan fingerprint density at radius 3 is 3.26 bits per heavy atom. The van der Waals surface area contributed by atoms with E-state index in [0.29, 0.717) is 12.1 Å². The molecule has 3 heteroatoms. The number of fused-ring (bicyclic) bond motifs is 1. The van der Waals surface area contributed by atoms with E-state index in [9.17, 15) is 0 Å². The molecule has 1 aromatic carbocycles. The standard InChI is InChI=1S/C16H24N2O/c1-12-10-15(7-9-19-12)18-11-14-5-2-4-13-6-3-8-17-16(13)14/h2,4-5,12,15,17-18H,3,6-11H2,1H3. The summed E-state index contributed by atoms with van der Waals surface area (Å²) in [5.74, 6) is 0. The van der Waals surface area contributed by atoms with E-state index in [2.05, 4.69) is 35.8 Å². The molecule has 0 saturated carbocycles. The van der Waals surface area contributed by atoms with E-state index in [1.807, 2.05) is 0 Å². The third-order valence-electron chi connectivity index (χ3n) is 4.23. The summed E-state index contributed by atoms with van der Waals surface area (Å²) < 4.78 is 5.60. The first kappa shape index (κ1) is 12.9. The molecule has 0 aromatic heterocycles. The SMILES string of the molecule is CC1CC(NCc2cccc3c2NCCC3)CCO1. The molecule has 19 heavy (non-hydrogen) atoms. The zero-order valence-electron chi connectivity index (χ0n) is 11.7. The van der Waals surface area contributed by atoms with Crippen molar-refractivity contribution in [1.82, 2.24) is 5.32 Å². The maximum Gasteiger partial charge on any atom is 0.0561 e. The molecule has 104 valence electrons. The van der Waals surface area contributed by atoms with Crippen molar-refractivity contribution in [2.24, 2.45) is 0 Å². The highest BCUT2D eigenvalue weighted by atomic mass is 16.5. The number of nitrogens with one attached hydrogen (secondary N) is 2. The van der Waals surface area contributed by atoms with Crippen LogP contribution in [0.1, 0.15) is 37.3 Å². The lowest BCUT2D eigenvalue weighted by atomic mass is 9.98. The maximum absolute atomic E-state index is 5.60. The van der Waals surface area contributed by atoms with Crippen LogP contribution in [0.25, 0.3) is 0 Å². The summed E-state index contributed by atoms with van der Waals surface area (Å²) in [5.41, 5.74) is 4.27. The monoisotopic (exact) mass is 260 g/mol. The van der Waals surface area contributed by atoms with Crippen molar-refractivity contribution < 1.29 is 4.74 Å². The second kappa shape index (κ2) is 5.93. The van der Waals surface area contributed by atoms with Crippen LogP contribution in [0, 0.1) is 0 Å². The van der Waals surface area contributed by atoms with E-state index >= 15 is 0 Å². The maximum atomic E-state index is 5.60. The Morgan fingerprint density at radius 1 is 1.42 bits per heavy atom. The summed E-state index contributed by atoms with van der Waals surface area (Å²) >= 11 is 0. The minimum Gasteiger partial charge on any atom is -0.385 e. The molecular formula is C16H24N2O. The number of hydrogen-bond donors (Lipinski definition) is 2. The predicted molar refractivity (Wildman–Crippen MR) is 78.5 cm³/mol. The molecule has 0 spiro atoms. The number of anilines is 1. The zero-order valence-corrected chi connectivity index (χ0v) is 11.7. The summed E-state index contributed by atoms with van der Waals surface area (Å²) in [6.07, 6.45) is 5.12. The quantitative estimate of drug-likeness (QED) is 0.876. The van der Waals surface area contributed by atoms with Crippen LogP contribution >= 0.6 is 0 Å². The van der Waals surface area contributed by atoms with Crippen LogP contribution < -0.4 is 10.6 Å². The highest BCUT2D eigenvalue weighted by Gasteiger charge is 2.19. The number of para-hydroxylation sites is 1. The van der Waals surface area contributed by atoms with E-state index in [1.165, 1.54) is 29.7 Å². The van der Waals surface area contributed by atoms with Crippen LogP contribution in [0.15, 0.2) is 18.2 Å². The molecule has 2 atom stereocenters. The molecular weight excluding hydrogens is 236 g/mol. The van der Waals surface area contributed by atoms with Gasteiger partial charge in [0.25, 0.3) is 0 Å². The first-order valence-electron chi connectivity index (χ1n) is 7.52. The van der Waals surface area contributed by atoms with Crippen LogP contribution in [-0.4, -0.2) is 25.3 Å². The van der Waals surface area contributed by atoms with Gasteiger partial charge in [0.1, 0.15) is 0 Å². The van der Waals surface area contributed by atoms with Gasteiger partial charge in [-0.2, -0.15) is 0 Å². The summed E-state index contributed by atoms with van der Waals surface area (Å²) in [7, 11) is 0. The van der Waals surface area contributed by atoms with Gasteiger partial charge in [-0.05, 0) is 43.7 Å². The van der Waals surface area contributed by atoms with Gasteiger partial charge in [0.05, 0.1) is 6.10 Å². The third kappa shape index (κ3) is 3.10. The average molecular weight is 260 g/mol. The molecule has 0 bridgehead atoms. The molecule has 0 amide bonds. The lowest BCUT2D eigenvalue weighted by Gasteiger charge is -2.29. The molecule has 1 aromatic rings. The molecule has 2 unspecified atom stereocenters. The van der Waals surface area contributed by atoms with Crippen molar-refractivity contribution >= 4 is 5.69 Å². The van der Waals surface area contributed by atoms with Crippen molar-refractivity contribution in [3.8, 4) is 0 Å². The molecule has 2 aliphatic rings. The van der Waals surface area contributed by atoms with Gasteiger partial charge in [-0.3, -0.25) is 0 Å². The average Bonchev–Trinajstić information content (AvgIpc) is 2.45. The van der Waals surface area contributed by atoms with Crippen molar-refractivity contribution in [3.05, 3.63) is 29.3 Å². The molecule has 1 fully saturated rings. The fourth-order valence-corrected chi connectivity index (χ4v) is 3.17. The number of rotatable bonds is 3. The Kier molecular flexibility index (Phi) is 4.04. The van der Waals surface area contributed by atoms with Crippen LogP contribution in [0.3, 0.4) is 0 Å². The van der Waals surface area contributed by atoms with Gasteiger partial charge in [0, 0.05) is 31.4 Å². The van der Waals surface area contributed by atoms with Crippen molar-refractivity contribution in [2.45, 2.75) is 51.3 Å². The van der Waals surface area contributed by atoms with E-state index in [1.54, 1.807) is 0 Å². The first-order chi connectivity index (χ1) is 9.33. The highest BCUT2D eigenvalue weighted by Crippen LogP contribution is 2.26. The minimum atomic E-state index is 0.397. The first-order valence-corrected chi connectivity index (χ1v) is 7.52. The number of hydrogen-bond acceptors (Lipinski definition) is 3. The summed E-state index contributed by atoms with van der Waals surface area (Å²) in [6, 6.07) is 7.28. The van der Waals surface area contributed by atoms with Gasteiger partial charge < -0.3 is 15.4 Å². The minimum absolute atomic E-state index is 0.397. The molecule has 0 aliphatic carbocycles. The highest BCUT2D eigenvalue weighted by molar-refractivity contribution is 5.59. The number of ether oxygens (including phenoxy) is 1. The van der Waals surface area contributed by atoms with Gasteiger partial charge >= 0.3 is 0 Å². The topological polar surface area (TPSA) is 33.3 Å². The molecule has 3 rings (SSSR count). The number of benzene rings is 1. The van der Waals surface area contributed by atoms with Gasteiger partial charge in [-0.25, -0.2) is 0 Å². The van der Waals surface area contributed by atoms with Crippen LogP contribution in [0.4, 0.5) is 5.69 Å². The third-order valence-corrected chi connectivity index (χ3v) is 4.23. The lowest BCUT2D eigenvalue weighted by Crippen LogP contribution is -2.37. The Balaban J connectivity index is 1.63. The molecule has 3 nitrogen and oxygen atoms in total. The molecule has 2 N–H and O–H groups in total. The molecule has 2 aliphatic heterocycles. The van der Waals surface area contributed by atoms with Gasteiger partial charge in [-0.1, -0.05) is 18.2 Å². The zero-order chi connectivity index (χ0) is 13.1. The number of aryl methyl sites for hydroxylation is 1. The Morgan fingerprint density at radius 2 is 2.37 bits per heavy atom. The van der Waals surface area contributed by atoms with E-state index < -0.39 is 0 Å². The summed E-state index contributed by atoms with van der Waals surface area (Å²) in [5, 5.41) is 7.26. The van der Waals surface area contributed by atoms with Crippen LogP contribution in [-0.2, 0) is 17.7 Å². The predicted octanol–water partition coefficient (Wildman–Crippen LogP) is 2.70. The fourth-order valence-electron chi connectivity index (χ4n) is 3.17. The fraction of sp³-hybridized carbons (Fsp3) is 0.625. The van der Waals surface area contributed by atoms with Gasteiger partial charge in [0.2, 0.25) is 0 Å². The van der Waals surface area contributed by atoms with E-state index in [0.717, 1.165) is 32.5 Å². The second-order valence-electron chi connectivity index (χ2n) is 5.77. The molecule has 2 heterocycles. The van der Waals surface area contributed by atoms with Gasteiger partial charge in [0.15, 0.2) is 0 Å². The van der Waals surface area contributed by atoms with Crippen molar-refractivity contribution in [3.63, 3.8) is 0 Å². The molecule has 0 radical (unpaired) electrons. The van der Waals surface area contributed by atoms with Crippen molar-refractivity contribution in [1.29, 1.82) is 0 Å². The Hall–Kier alpha value is -1.06. The van der Waals surface area contributed by atoms with E-state index in [4.69, 9.17) is 4.74 Å². The molecule has 1 saturated heterocycles. The van der Waals surface area contributed by atoms with Gasteiger partial charge in [-0.15, -0.1) is 0 Å². The van der Waals surface area contributed by atoms with Crippen LogP contribution in [0.5, 0.6) is 0 Å². The largest absolute Gasteiger partial charge is 0.385 e. The smallest absolute Gasteiger partial charge is 0.0561 e. The Labute approximate surface area is 115 Å². The summed E-state index contributed by atoms with van der Waals surface area (Å²) in [4.78, 5) is 0. The second-order valence-corrected chi connectivity index (χ2v) is 5.77. The lowest BCUT2D eigenvalue weighted by molar-refractivity contribution is 0.0130. The summed E-state index contributed by atoms with van der Waals surface area (Å²) in [6.45, 7) is 5.13. The van der Waals surface area contributed by atoms with Crippen molar-refractivity contribution in [2.75, 3.05) is 18.5 Å². The van der Waals surface area contributed by atoms with Crippen LogP contribution in [0.2, 0.25) is 0 Å². The Bertz CT molecular complexity index is 433.